The summed E-state index contributed by atoms with van der Waals surface area (Å²) in [6.07, 6.45) is -2.70. The molecule has 12 nitrogen and oxygen atoms in total. The minimum atomic E-state index is -4.63. The van der Waals surface area contributed by atoms with E-state index in [2.05, 4.69) is 47.8 Å². The fourth-order valence-electron chi connectivity index (χ4n) is 3.83. The third kappa shape index (κ3) is 9.46. The number of anilines is 4. The average Bonchev–Trinajstić information content (AvgIpc) is 2.95. The monoisotopic (exact) mass is 632 g/mol. The van der Waals surface area contributed by atoms with E-state index in [-0.39, 0.29) is 42.0 Å². The van der Waals surface area contributed by atoms with Gasteiger partial charge in [0.2, 0.25) is 16.0 Å². The maximum absolute atomic E-state index is 13.4. The number of amides is 2. The van der Waals surface area contributed by atoms with Crippen LogP contribution in [0.2, 0.25) is 0 Å². The van der Waals surface area contributed by atoms with E-state index in [0.717, 1.165) is 12.1 Å². The van der Waals surface area contributed by atoms with Gasteiger partial charge < -0.3 is 30.9 Å². The molecule has 0 saturated heterocycles. The first-order chi connectivity index (χ1) is 20.9. The molecule has 4 bridgehead atoms. The predicted molar refractivity (Wildman–Crippen MR) is 159 cm³/mol. The molecule has 0 saturated carbocycles. The number of carbonyl (C=O) groups is 1. The van der Waals surface area contributed by atoms with Crippen molar-refractivity contribution < 1.29 is 31.1 Å². The molecule has 0 spiro atoms. The molecule has 234 valence electrons. The van der Waals surface area contributed by atoms with Crippen molar-refractivity contribution in [2.45, 2.75) is 17.5 Å². The number of carbonyl (C=O) groups excluding carboxylic acids is 1. The van der Waals surface area contributed by atoms with Crippen LogP contribution in [0.3, 0.4) is 0 Å². The first-order valence-electron chi connectivity index (χ1n) is 13.4. The van der Waals surface area contributed by atoms with Gasteiger partial charge in [0.25, 0.3) is 0 Å². The van der Waals surface area contributed by atoms with Gasteiger partial charge in [-0.1, -0.05) is 17.9 Å². The van der Waals surface area contributed by atoms with Crippen molar-refractivity contribution in [3.8, 4) is 17.6 Å². The highest BCUT2D eigenvalue weighted by Crippen LogP contribution is 2.34. The fourth-order valence-corrected chi connectivity index (χ4v) is 4.95. The van der Waals surface area contributed by atoms with Crippen LogP contribution in [0.1, 0.15) is 17.5 Å². The van der Waals surface area contributed by atoms with Crippen LogP contribution in [0.25, 0.3) is 0 Å². The Hall–Kier alpha value is -4.59. The number of rotatable bonds is 6. The Labute approximate surface area is 252 Å². The molecule has 4 rings (SSSR count). The van der Waals surface area contributed by atoms with Crippen LogP contribution in [-0.4, -0.2) is 76.2 Å². The number of hydrogen-bond donors (Lipinski definition) is 5. The van der Waals surface area contributed by atoms with Gasteiger partial charge in [0, 0.05) is 37.1 Å². The number of urea groups is 1. The normalized spacial score (nSPS) is 14.3. The topological polar surface area (TPSA) is 150 Å². The summed E-state index contributed by atoms with van der Waals surface area (Å²) >= 11 is 0. The van der Waals surface area contributed by atoms with Crippen molar-refractivity contribution in [2.24, 2.45) is 0 Å². The number of hydrogen-bond acceptors (Lipinski definition) is 9. The number of nitrogens with zero attached hydrogens (tertiary/aromatic N) is 3. The molecule has 0 unspecified atom stereocenters. The van der Waals surface area contributed by atoms with Crippen LogP contribution < -0.4 is 30.7 Å². The Morgan fingerprint density at radius 1 is 1.16 bits per heavy atom. The number of alkyl halides is 3. The Morgan fingerprint density at radius 2 is 1.98 bits per heavy atom. The molecule has 5 N–H and O–H groups in total. The van der Waals surface area contributed by atoms with Crippen LogP contribution in [0, 0.1) is 11.8 Å². The Morgan fingerprint density at radius 3 is 2.75 bits per heavy atom. The zero-order valence-corrected chi connectivity index (χ0v) is 24.7. The van der Waals surface area contributed by atoms with Gasteiger partial charge in [0.1, 0.15) is 18.2 Å². The lowest BCUT2D eigenvalue weighted by Gasteiger charge is -2.15. The molecule has 3 aromatic rings. The summed E-state index contributed by atoms with van der Waals surface area (Å²) in [6.45, 7) is 1.10. The van der Waals surface area contributed by atoms with E-state index in [0.29, 0.717) is 36.6 Å². The summed E-state index contributed by atoms with van der Waals surface area (Å²) in [5, 5.41) is 11.0. The molecular formula is C28H31F3N8O4S. The zero-order chi connectivity index (χ0) is 31.7. The van der Waals surface area contributed by atoms with Crippen molar-refractivity contribution >= 4 is 39.2 Å². The smallest absolute Gasteiger partial charge is 0.416 e. The highest BCUT2D eigenvalue weighted by Gasteiger charge is 2.31. The fraction of sp³-hybridized carbons (Fsp3) is 0.321. The van der Waals surface area contributed by atoms with Gasteiger partial charge in [-0.2, -0.15) is 18.2 Å². The SMILES string of the molecule is CN(C)CCOc1cc(NC(=O)NCC#Cc2cnc3nc2NCCCNS(=O)(=O)c2cccc(c2)N3)cc(C(F)(F)F)c1. The van der Waals surface area contributed by atoms with Crippen LogP contribution >= 0.6 is 0 Å². The van der Waals surface area contributed by atoms with Gasteiger partial charge in [0.15, 0.2) is 0 Å². The Bertz CT molecular complexity index is 1660. The van der Waals surface area contributed by atoms with Crippen LogP contribution in [0.15, 0.2) is 53.6 Å². The van der Waals surface area contributed by atoms with Crippen molar-refractivity contribution in [1.82, 2.24) is 24.9 Å². The number of ether oxygens (including phenoxy) is 1. The number of benzene rings is 2. The van der Waals surface area contributed by atoms with Gasteiger partial charge in [-0.05, 0) is 50.8 Å². The van der Waals surface area contributed by atoms with E-state index < -0.39 is 27.8 Å². The Balaban J connectivity index is 1.42. The summed E-state index contributed by atoms with van der Waals surface area (Å²) in [5.41, 5.74) is -0.163. The first-order valence-corrected chi connectivity index (χ1v) is 14.9. The summed E-state index contributed by atoms with van der Waals surface area (Å²) in [5.74, 6) is 6.21. The minimum absolute atomic E-state index is 0.0264. The molecule has 0 atom stereocenters. The third-order valence-corrected chi connectivity index (χ3v) is 7.45. The molecule has 16 heteroatoms. The van der Waals surface area contributed by atoms with Gasteiger partial charge in [-0.25, -0.2) is 22.9 Å². The second-order valence-electron chi connectivity index (χ2n) is 9.79. The summed E-state index contributed by atoms with van der Waals surface area (Å²) in [7, 11) is -0.0675. The lowest BCUT2D eigenvalue weighted by atomic mass is 10.2. The van der Waals surface area contributed by atoms with E-state index in [1.54, 1.807) is 12.1 Å². The van der Waals surface area contributed by atoms with E-state index in [1.165, 1.54) is 24.4 Å². The molecule has 0 aliphatic carbocycles. The van der Waals surface area contributed by atoms with Crippen LogP contribution in [0.4, 0.5) is 41.1 Å². The maximum Gasteiger partial charge on any atom is 0.416 e. The quantitative estimate of drug-likeness (QED) is 0.258. The molecule has 2 amide bonds. The average molecular weight is 633 g/mol. The molecule has 1 aromatic heterocycles. The third-order valence-electron chi connectivity index (χ3n) is 5.99. The van der Waals surface area contributed by atoms with Crippen LogP contribution in [-0.2, 0) is 16.2 Å². The predicted octanol–water partition coefficient (Wildman–Crippen LogP) is 3.45. The summed E-state index contributed by atoms with van der Waals surface area (Å²) in [6, 6.07) is 8.48. The standard InChI is InChI=1S/C28H31F3N8O4S/c1-39(2)12-13-43-23-15-20(28(29,30)31)14-22(16-23)37-27(40)33-9-4-6-19-18-34-26-36-21-7-3-8-24(17-21)44(41,42)35-11-5-10-32-25(19)38-26/h3,7-8,14-18,35H,5,9-13H2,1-2H3,(H2,33,37,40)(H2,32,34,36,38). The molecular weight excluding hydrogens is 601 g/mol. The number of nitrogens with one attached hydrogen (secondary N) is 5. The van der Waals surface area contributed by atoms with Crippen molar-refractivity contribution in [3.05, 3.63) is 59.8 Å². The summed E-state index contributed by atoms with van der Waals surface area (Å²) in [4.78, 5) is 23.1. The first kappa shape index (κ1) is 32.3. The molecule has 2 heterocycles. The van der Waals surface area contributed by atoms with E-state index in [9.17, 15) is 26.4 Å². The molecule has 0 radical (unpaired) electrons. The van der Waals surface area contributed by atoms with Crippen LogP contribution in [0.5, 0.6) is 5.75 Å². The van der Waals surface area contributed by atoms with Gasteiger partial charge in [-0.3, -0.25) is 0 Å². The highest BCUT2D eigenvalue weighted by molar-refractivity contribution is 7.89. The summed E-state index contributed by atoms with van der Waals surface area (Å²) < 4.78 is 73.3. The molecule has 1 aliphatic heterocycles. The lowest BCUT2D eigenvalue weighted by Crippen LogP contribution is -2.29. The number of aromatic nitrogens is 2. The molecule has 44 heavy (non-hydrogen) atoms. The van der Waals surface area contributed by atoms with Crippen molar-refractivity contribution in [1.29, 1.82) is 0 Å². The number of halogens is 3. The number of likely N-dealkylation sites (N-methyl/N-ethyl adjacent to an activating group) is 1. The van der Waals surface area contributed by atoms with E-state index in [1.807, 2.05) is 19.0 Å². The van der Waals surface area contributed by atoms with E-state index in [4.69, 9.17) is 4.74 Å². The van der Waals surface area contributed by atoms with Crippen molar-refractivity contribution in [3.63, 3.8) is 0 Å². The lowest BCUT2D eigenvalue weighted by molar-refractivity contribution is -0.137. The maximum atomic E-state index is 13.4. The molecule has 2 aromatic carbocycles. The molecule has 1 aliphatic rings. The minimum Gasteiger partial charge on any atom is -0.492 e. The van der Waals surface area contributed by atoms with Gasteiger partial charge in [-0.15, -0.1) is 0 Å². The largest absolute Gasteiger partial charge is 0.492 e. The Kier molecular flexibility index (Phi) is 10.5. The second-order valence-corrected chi connectivity index (χ2v) is 11.6. The van der Waals surface area contributed by atoms with Gasteiger partial charge in [0.05, 0.1) is 28.8 Å². The van der Waals surface area contributed by atoms with Crippen molar-refractivity contribution in [2.75, 3.05) is 62.8 Å². The highest BCUT2D eigenvalue weighted by atomic mass is 32.2. The number of fused-ring (bicyclic) bond motifs is 4. The second kappa shape index (κ2) is 14.3. The molecule has 0 fully saturated rings. The van der Waals surface area contributed by atoms with Gasteiger partial charge >= 0.3 is 12.2 Å². The number of sulfonamides is 1. The zero-order valence-electron chi connectivity index (χ0n) is 23.9. The van der Waals surface area contributed by atoms with E-state index >= 15 is 0 Å².